The molecular formula is C28H41N3O6S. The van der Waals surface area contributed by atoms with E-state index in [1.165, 1.54) is 4.90 Å². The van der Waals surface area contributed by atoms with Crippen molar-refractivity contribution >= 4 is 35.6 Å². The van der Waals surface area contributed by atoms with E-state index in [1.807, 2.05) is 30.5 Å². The minimum Gasteiger partial charge on any atom is -0.481 e. The van der Waals surface area contributed by atoms with Gasteiger partial charge in [-0.25, -0.2) is 4.79 Å². The molecule has 2 aliphatic rings. The summed E-state index contributed by atoms with van der Waals surface area (Å²) < 4.78 is 5.61. The number of thioether (sulfide) groups is 1. The fourth-order valence-corrected chi connectivity index (χ4v) is 5.50. The highest BCUT2D eigenvalue weighted by molar-refractivity contribution is 7.98. The summed E-state index contributed by atoms with van der Waals surface area (Å²) in [4.78, 5) is 52.5. The molecule has 3 rings (SSSR count). The first-order valence-corrected chi connectivity index (χ1v) is 14.7. The monoisotopic (exact) mass is 547 g/mol. The van der Waals surface area contributed by atoms with E-state index < -0.39 is 29.7 Å². The summed E-state index contributed by atoms with van der Waals surface area (Å²) in [5, 5.41) is 15.1. The van der Waals surface area contributed by atoms with Gasteiger partial charge in [0.1, 0.15) is 17.7 Å². The summed E-state index contributed by atoms with van der Waals surface area (Å²) in [5.74, 6) is -0.779. The molecule has 1 fully saturated rings. The zero-order valence-corrected chi connectivity index (χ0v) is 23.6. The number of nitrogens with one attached hydrogen (secondary N) is 2. The van der Waals surface area contributed by atoms with E-state index in [2.05, 4.69) is 10.6 Å². The van der Waals surface area contributed by atoms with Crippen LogP contribution in [0, 0.1) is 11.8 Å². The van der Waals surface area contributed by atoms with E-state index in [9.17, 15) is 24.3 Å². The summed E-state index contributed by atoms with van der Waals surface area (Å²) in [6, 6.07) is 6.19. The molecular weight excluding hydrogens is 506 g/mol. The summed E-state index contributed by atoms with van der Waals surface area (Å²) in [6.07, 6.45) is 4.93. The van der Waals surface area contributed by atoms with Gasteiger partial charge in [-0.2, -0.15) is 11.8 Å². The standard InChI is InChI=1S/C28H41N3O6S/c1-28(2,3)37-27(36)31-17-21-8-6-5-7-20(21)15-23(31)25(33)30-22(13-14-38-4)24(32)29-16-18-9-11-19(12-10-18)26(34)35/h5-8,18-19,22-23H,9-17H2,1-4H3,(H,29,32)(H,30,33)(H,34,35). The number of hydrogen-bond acceptors (Lipinski definition) is 6. The molecule has 3 N–H and O–H groups in total. The molecule has 9 nitrogen and oxygen atoms in total. The Kier molecular flexibility index (Phi) is 10.5. The number of ether oxygens (including phenoxy) is 1. The predicted octanol–water partition coefficient (Wildman–Crippen LogP) is 3.59. The number of nitrogens with zero attached hydrogens (tertiary/aromatic N) is 1. The van der Waals surface area contributed by atoms with Crippen molar-refractivity contribution in [2.75, 3.05) is 18.6 Å². The lowest BCUT2D eigenvalue weighted by Gasteiger charge is -2.37. The van der Waals surface area contributed by atoms with E-state index >= 15 is 0 Å². The molecule has 2 unspecified atom stereocenters. The summed E-state index contributed by atoms with van der Waals surface area (Å²) in [5.41, 5.74) is 1.26. The molecule has 38 heavy (non-hydrogen) atoms. The van der Waals surface area contributed by atoms with E-state index in [0.29, 0.717) is 38.0 Å². The maximum atomic E-state index is 13.6. The lowest BCUT2D eigenvalue weighted by atomic mass is 9.82. The van der Waals surface area contributed by atoms with E-state index in [4.69, 9.17) is 4.74 Å². The third kappa shape index (κ3) is 8.38. The Morgan fingerprint density at radius 2 is 1.76 bits per heavy atom. The summed E-state index contributed by atoms with van der Waals surface area (Å²) in [6.45, 7) is 6.07. The number of aliphatic carboxylic acids is 1. The Labute approximate surface area is 229 Å². The van der Waals surface area contributed by atoms with Crippen molar-refractivity contribution in [3.8, 4) is 0 Å². The molecule has 1 heterocycles. The van der Waals surface area contributed by atoms with Crippen molar-refractivity contribution in [1.82, 2.24) is 15.5 Å². The molecule has 0 spiro atoms. The first-order valence-electron chi connectivity index (χ1n) is 13.3. The Morgan fingerprint density at radius 1 is 1.11 bits per heavy atom. The number of amides is 3. The second-order valence-electron chi connectivity index (χ2n) is 11.2. The third-order valence-electron chi connectivity index (χ3n) is 7.18. The first kappa shape index (κ1) is 29.8. The number of benzene rings is 1. The fourth-order valence-electron chi connectivity index (χ4n) is 5.02. The lowest BCUT2D eigenvalue weighted by Crippen LogP contribution is -2.57. The molecule has 3 amide bonds. The highest BCUT2D eigenvalue weighted by Gasteiger charge is 2.38. The Morgan fingerprint density at radius 3 is 2.37 bits per heavy atom. The highest BCUT2D eigenvalue weighted by atomic mass is 32.2. The van der Waals surface area contributed by atoms with Gasteiger partial charge in [-0.3, -0.25) is 19.3 Å². The summed E-state index contributed by atoms with van der Waals surface area (Å²) in [7, 11) is 0. The highest BCUT2D eigenvalue weighted by Crippen LogP contribution is 2.29. The van der Waals surface area contributed by atoms with Crippen LogP contribution in [0.4, 0.5) is 4.79 Å². The van der Waals surface area contributed by atoms with Gasteiger partial charge >= 0.3 is 12.1 Å². The van der Waals surface area contributed by atoms with Crippen LogP contribution in [0.2, 0.25) is 0 Å². The minimum atomic E-state index is -0.796. The molecule has 10 heteroatoms. The number of fused-ring (bicyclic) bond motifs is 1. The van der Waals surface area contributed by atoms with E-state index in [0.717, 1.165) is 24.0 Å². The van der Waals surface area contributed by atoms with Crippen molar-refractivity contribution in [1.29, 1.82) is 0 Å². The molecule has 0 saturated heterocycles. The number of carbonyl (C=O) groups excluding carboxylic acids is 3. The van der Waals surface area contributed by atoms with Gasteiger partial charge in [0.25, 0.3) is 0 Å². The quantitative estimate of drug-likeness (QED) is 0.431. The van der Waals surface area contributed by atoms with Gasteiger partial charge in [0.05, 0.1) is 12.5 Å². The van der Waals surface area contributed by atoms with Crippen LogP contribution >= 0.6 is 11.8 Å². The largest absolute Gasteiger partial charge is 0.481 e. The van der Waals surface area contributed by atoms with Crippen molar-refractivity contribution in [2.24, 2.45) is 11.8 Å². The zero-order chi connectivity index (χ0) is 27.9. The molecule has 0 aromatic heterocycles. The Hall–Kier alpha value is -2.75. The van der Waals surface area contributed by atoms with E-state index in [-0.39, 0.29) is 30.2 Å². The number of carboxylic acid groups (broad SMARTS) is 1. The van der Waals surface area contributed by atoms with Gasteiger partial charge in [0, 0.05) is 13.0 Å². The van der Waals surface area contributed by atoms with Gasteiger partial charge in [0.2, 0.25) is 11.8 Å². The van der Waals surface area contributed by atoms with Gasteiger partial charge < -0.3 is 20.5 Å². The van der Waals surface area contributed by atoms with Gasteiger partial charge in [-0.15, -0.1) is 0 Å². The molecule has 1 aliphatic carbocycles. The van der Waals surface area contributed by atoms with Gasteiger partial charge in [-0.05, 0) is 81.9 Å². The maximum absolute atomic E-state index is 13.6. The third-order valence-corrected chi connectivity index (χ3v) is 7.83. The van der Waals surface area contributed by atoms with Crippen LogP contribution in [0.25, 0.3) is 0 Å². The van der Waals surface area contributed by atoms with Crippen molar-refractivity contribution in [2.45, 2.75) is 83.5 Å². The molecule has 1 aromatic carbocycles. The Bertz CT molecular complexity index is 1000. The molecule has 1 aliphatic heterocycles. The minimum absolute atomic E-state index is 0.226. The second-order valence-corrected chi connectivity index (χ2v) is 12.2. The fraction of sp³-hybridized carbons (Fsp3) is 0.643. The normalized spacial score (nSPS) is 22.1. The van der Waals surface area contributed by atoms with E-state index in [1.54, 1.807) is 32.5 Å². The number of rotatable bonds is 9. The Balaban J connectivity index is 1.68. The SMILES string of the molecule is CSCCC(NC(=O)C1Cc2ccccc2CN1C(=O)OC(C)(C)C)C(=O)NCC1CCC(C(=O)O)CC1. The van der Waals surface area contributed by atoms with Crippen LogP contribution in [0.5, 0.6) is 0 Å². The van der Waals surface area contributed by atoms with Gasteiger partial charge in [0.15, 0.2) is 0 Å². The molecule has 2 atom stereocenters. The van der Waals surface area contributed by atoms with Crippen molar-refractivity contribution < 1.29 is 29.0 Å². The molecule has 210 valence electrons. The molecule has 0 radical (unpaired) electrons. The van der Waals surface area contributed by atoms with Crippen molar-refractivity contribution in [3.05, 3.63) is 35.4 Å². The molecule has 1 aromatic rings. The van der Waals surface area contributed by atoms with Crippen LogP contribution in [-0.2, 0) is 32.1 Å². The lowest BCUT2D eigenvalue weighted by molar-refractivity contribution is -0.143. The average molecular weight is 548 g/mol. The first-order chi connectivity index (χ1) is 18.0. The van der Waals surface area contributed by atoms with Crippen LogP contribution < -0.4 is 10.6 Å². The number of hydrogen-bond donors (Lipinski definition) is 3. The van der Waals surface area contributed by atoms with Gasteiger partial charge in [-0.1, -0.05) is 24.3 Å². The van der Waals surface area contributed by atoms with Crippen LogP contribution in [-0.4, -0.2) is 70.1 Å². The average Bonchev–Trinajstić information content (AvgIpc) is 2.87. The van der Waals surface area contributed by atoms with Crippen molar-refractivity contribution in [3.63, 3.8) is 0 Å². The van der Waals surface area contributed by atoms with Crippen LogP contribution in [0.3, 0.4) is 0 Å². The second kappa shape index (κ2) is 13.4. The zero-order valence-electron chi connectivity index (χ0n) is 22.8. The molecule has 0 bridgehead atoms. The smallest absolute Gasteiger partial charge is 0.411 e. The topological polar surface area (TPSA) is 125 Å². The maximum Gasteiger partial charge on any atom is 0.411 e. The van der Waals surface area contributed by atoms with Crippen LogP contribution in [0.15, 0.2) is 24.3 Å². The number of carbonyl (C=O) groups is 4. The van der Waals surface area contributed by atoms with Crippen LogP contribution in [0.1, 0.15) is 64.0 Å². The summed E-state index contributed by atoms with van der Waals surface area (Å²) >= 11 is 1.59. The number of carboxylic acids is 1. The molecule has 1 saturated carbocycles. The predicted molar refractivity (Wildman–Crippen MR) is 147 cm³/mol.